The highest BCUT2D eigenvalue weighted by atomic mass is 16.5. The number of carbonyl (C=O) groups excluding carboxylic acids is 1. The lowest BCUT2D eigenvalue weighted by Crippen LogP contribution is -2.49. The molecule has 0 spiro atoms. The van der Waals surface area contributed by atoms with Gasteiger partial charge in [0.15, 0.2) is 5.71 Å². The average molecular weight is 382 g/mol. The molecule has 1 saturated carbocycles. The summed E-state index contributed by atoms with van der Waals surface area (Å²) >= 11 is 0. The molecule has 1 aromatic rings. The summed E-state index contributed by atoms with van der Waals surface area (Å²) in [5, 5.41) is 2.59. The van der Waals surface area contributed by atoms with E-state index < -0.39 is 5.66 Å². The van der Waals surface area contributed by atoms with Crippen molar-refractivity contribution in [2.24, 2.45) is 15.0 Å². The van der Waals surface area contributed by atoms with E-state index in [1.807, 2.05) is 24.3 Å². The normalized spacial score (nSPS) is 29.0. The number of methoxy groups -OCH3 is 1. The SMILES string of the molecule is C1CC2CC1O2.CCCC1=NC2(Cc3ccc(OC)cc3)N=CNC(=O)C2=N1. The van der Waals surface area contributed by atoms with E-state index in [0.717, 1.165) is 24.2 Å². The molecule has 3 unspecified atom stereocenters. The van der Waals surface area contributed by atoms with E-state index in [9.17, 15) is 4.79 Å². The van der Waals surface area contributed by atoms with Crippen LogP contribution in [0.3, 0.4) is 0 Å². The van der Waals surface area contributed by atoms with Gasteiger partial charge in [-0.3, -0.25) is 4.79 Å². The summed E-state index contributed by atoms with van der Waals surface area (Å²) in [5.74, 6) is 1.26. The van der Waals surface area contributed by atoms with Crippen LogP contribution in [0.1, 0.15) is 44.6 Å². The van der Waals surface area contributed by atoms with E-state index in [-0.39, 0.29) is 5.91 Å². The predicted molar refractivity (Wildman–Crippen MR) is 108 cm³/mol. The molecule has 7 nitrogen and oxygen atoms in total. The Balaban J connectivity index is 0.000000268. The van der Waals surface area contributed by atoms with Gasteiger partial charge in [0.05, 0.1) is 25.7 Å². The molecule has 7 heteroatoms. The molecule has 3 fully saturated rings. The maximum absolute atomic E-state index is 12.1. The fourth-order valence-corrected chi connectivity index (χ4v) is 3.93. The Hall–Kier alpha value is -2.54. The van der Waals surface area contributed by atoms with E-state index in [1.54, 1.807) is 7.11 Å². The number of amides is 1. The highest BCUT2D eigenvalue weighted by Crippen LogP contribution is 2.36. The van der Waals surface area contributed by atoms with Crippen LogP contribution in [-0.2, 0) is 16.0 Å². The van der Waals surface area contributed by atoms with Gasteiger partial charge in [-0.1, -0.05) is 19.1 Å². The van der Waals surface area contributed by atoms with E-state index in [1.165, 1.54) is 25.6 Å². The zero-order valence-electron chi connectivity index (χ0n) is 16.4. The van der Waals surface area contributed by atoms with Gasteiger partial charge in [-0.2, -0.15) is 0 Å². The molecule has 148 valence electrons. The zero-order chi connectivity index (χ0) is 19.6. The Bertz CT molecular complexity index is 811. The third-order valence-electron chi connectivity index (χ3n) is 5.43. The van der Waals surface area contributed by atoms with Crippen molar-refractivity contribution >= 4 is 23.8 Å². The largest absolute Gasteiger partial charge is 0.497 e. The van der Waals surface area contributed by atoms with Gasteiger partial charge in [-0.25, -0.2) is 15.0 Å². The lowest BCUT2D eigenvalue weighted by Gasteiger charge is -2.25. The van der Waals surface area contributed by atoms with Gasteiger partial charge in [-0.15, -0.1) is 0 Å². The Kier molecular flexibility index (Phi) is 5.26. The first kappa shape index (κ1) is 18.8. The van der Waals surface area contributed by atoms with Gasteiger partial charge in [0.2, 0.25) is 5.66 Å². The summed E-state index contributed by atoms with van der Waals surface area (Å²) in [6.45, 7) is 2.06. The Morgan fingerprint density at radius 3 is 2.54 bits per heavy atom. The lowest BCUT2D eigenvalue weighted by molar-refractivity contribution is -0.113. The molecule has 2 bridgehead atoms. The van der Waals surface area contributed by atoms with E-state index >= 15 is 0 Å². The molecule has 0 radical (unpaired) electrons. The topological polar surface area (TPSA) is 84.6 Å². The molecule has 1 N–H and O–H groups in total. The number of benzene rings is 1. The Morgan fingerprint density at radius 2 is 1.96 bits per heavy atom. The standard InChI is InChI=1S/C16H18N4O2.C5H8O/c1-3-4-13-19-14-15(21)17-10-18-16(14,20-13)9-11-5-7-12(22-2)8-6-11;1-2-5-3-4(1)6-5/h5-8,10H,3-4,9H2,1-2H3,(H,17,18,21);4-5H,1-3H2. The second-order valence-corrected chi connectivity index (χ2v) is 7.50. The van der Waals surface area contributed by atoms with Gasteiger partial charge in [0.1, 0.15) is 11.6 Å². The monoisotopic (exact) mass is 382 g/mol. The summed E-state index contributed by atoms with van der Waals surface area (Å²) in [5.41, 5.74) is 0.498. The van der Waals surface area contributed by atoms with Crippen LogP contribution in [0.2, 0.25) is 0 Å². The number of hydrogen-bond donors (Lipinski definition) is 1. The molecular weight excluding hydrogens is 356 g/mol. The van der Waals surface area contributed by atoms with Gasteiger partial charge in [-0.05, 0) is 43.4 Å². The van der Waals surface area contributed by atoms with Crippen molar-refractivity contribution in [1.29, 1.82) is 0 Å². The maximum Gasteiger partial charge on any atom is 0.275 e. The van der Waals surface area contributed by atoms with Crippen molar-refractivity contribution in [3.8, 4) is 5.75 Å². The van der Waals surface area contributed by atoms with E-state index in [2.05, 4.69) is 27.2 Å². The minimum Gasteiger partial charge on any atom is -0.497 e. The molecule has 4 aliphatic heterocycles. The highest BCUT2D eigenvalue weighted by Gasteiger charge is 2.45. The van der Waals surface area contributed by atoms with Gasteiger partial charge < -0.3 is 14.8 Å². The number of carbonyl (C=O) groups is 1. The molecule has 5 aliphatic rings. The Morgan fingerprint density at radius 1 is 1.25 bits per heavy atom. The zero-order valence-corrected chi connectivity index (χ0v) is 16.4. The number of rotatable bonds is 5. The van der Waals surface area contributed by atoms with Crippen molar-refractivity contribution in [1.82, 2.24) is 5.32 Å². The van der Waals surface area contributed by atoms with Crippen LogP contribution < -0.4 is 10.1 Å². The van der Waals surface area contributed by atoms with Gasteiger partial charge in [0.25, 0.3) is 5.91 Å². The molecular formula is C21H26N4O3. The number of hydrogen-bond acceptors (Lipinski definition) is 6. The van der Waals surface area contributed by atoms with E-state index in [0.29, 0.717) is 30.2 Å². The number of amidine groups is 1. The molecule has 1 amide bonds. The second kappa shape index (κ2) is 7.83. The molecule has 2 saturated heterocycles. The fourth-order valence-electron chi connectivity index (χ4n) is 3.93. The maximum atomic E-state index is 12.1. The van der Waals surface area contributed by atoms with Crippen LogP contribution in [-0.4, -0.2) is 48.8 Å². The average Bonchev–Trinajstić information content (AvgIpc) is 3.39. The summed E-state index contributed by atoms with van der Waals surface area (Å²) in [4.78, 5) is 25.6. The fraction of sp³-hybridized carbons (Fsp3) is 0.524. The van der Waals surface area contributed by atoms with Crippen LogP contribution >= 0.6 is 0 Å². The van der Waals surface area contributed by atoms with Crippen molar-refractivity contribution in [3.05, 3.63) is 29.8 Å². The molecule has 1 aromatic carbocycles. The third-order valence-corrected chi connectivity index (χ3v) is 5.43. The quantitative estimate of drug-likeness (QED) is 0.850. The second-order valence-electron chi connectivity index (χ2n) is 7.50. The highest BCUT2D eigenvalue weighted by molar-refractivity contribution is 6.47. The lowest BCUT2D eigenvalue weighted by atomic mass is 9.94. The van der Waals surface area contributed by atoms with Crippen LogP contribution in [0.25, 0.3) is 0 Å². The molecule has 1 aliphatic carbocycles. The van der Waals surface area contributed by atoms with Crippen molar-refractivity contribution in [2.75, 3.05) is 7.11 Å². The van der Waals surface area contributed by atoms with Crippen LogP contribution in [0.5, 0.6) is 5.75 Å². The van der Waals surface area contributed by atoms with Gasteiger partial charge >= 0.3 is 0 Å². The number of nitrogens with one attached hydrogen (secondary N) is 1. The summed E-state index contributed by atoms with van der Waals surface area (Å²) in [7, 11) is 1.63. The molecule has 0 aromatic heterocycles. The molecule has 3 atom stereocenters. The molecule has 6 rings (SSSR count). The third kappa shape index (κ3) is 3.71. The van der Waals surface area contributed by atoms with Crippen LogP contribution in [0.4, 0.5) is 0 Å². The summed E-state index contributed by atoms with van der Waals surface area (Å²) < 4.78 is 10.4. The minimum absolute atomic E-state index is 0.224. The first-order valence-corrected chi connectivity index (χ1v) is 9.92. The smallest absolute Gasteiger partial charge is 0.275 e. The van der Waals surface area contributed by atoms with E-state index in [4.69, 9.17) is 9.47 Å². The van der Waals surface area contributed by atoms with Crippen molar-refractivity contribution in [2.45, 2.75) is 63.3 Å². The number of aliphatic imine (C=N–C) groups is 3. The number of nitrogens with zero attached hydrogens (tertiary/aromatic N) is 3. The number of fused-ring (bicyclic) bond motifs is 2. The van der Waals surface area contributed by atoms with Crippen molar-refractivity contribution < 1.29 is 14.3 Å². The summed E-state index contributed by atoms with van der Waals surface area (Å²) in [6, 6.07) is 7.70. The molecule has 4 heterocycles. The number of ether oxygens (including phenoxy) is 2. The predicted octanol–water partition coefficient (Wildman–Crippen LogP) is 2.68. The first-order chi connectivity index (χ1) is 13.6. The van der Waals surface area contributed by atoms with Crippen LogP contribution in [0, 0.1) is 0 Å². The van der Waals surface area contributed by atoms with Crippen molar-refractivity contribution in [3.63, 3.8) is 0 Å². The van der Waals surface area contributed by atoms with Gasteiger partial charge in [0, 0.05) is 12.8 Å². The minimum atomic E-state index is -0.915. The summed E-state index contributed by atoms with van der Waals surface area (Å²) in [6.07, 6.45) is 9.02. The van der Waals surface area contributed by atoms with Crippen LogP contribution in [0.15, 0.2) is 39.2 Å². The Labute approximate surface area is 165 Å². The first-order valence-electron chi connectivity index (χ1n) is 9.92. The molecule has 28 heavy (non-hydrogen) atoms.